The van der Waals surface area contributed by atoms with Gasteiger partial charge in [0.2, 0.25) is 0 Å². The minimum absolute atomic E-state index is 0.0392. The number of aliphatic hydroxyl groups is 1. The normalized spacial score (nSPS) is 11.6. The van der Waals surface area contributed by atoms with E-state index in [4.69, 9.17) is 5.26 Å². The first-order valence-corrected chi connectivity index (χ1v) is 5.62. The summed E-state index contributed by atoms with van der Waals surface area (Å²) in [6.45, 7) is -0.0392. The second kappa shape index (κ2) is 5.80. The fourth-order valence-corrected chi connectivity index (χ4v) is 1.68. The summed E-state index contributed by atoms with van der Waals surface area (Å²) in [5.41, 5.74) is 1.52. The fraction of sp³-hybridized carbons (Fsp3) is 0.143. The number of hydrogen-bond acceptors (Lipinski definition) is 4. The highest BCUT2D eigenvalue weighted by atomic mass is 16.3. The van der Waals surface area contributed by atoms with E-state index in [0.717, 1.165) is 5.56 Å². The van der Waals surface area contributed by atoms with Gasteiger partial charge >= 0.3 is 0 Å². The molecule has 1 aromatic carbocycles. The molecule has 4 heteroatoms. The molecule has 2 rings (SSSR count). The predicted molar refractivity (Wildman–Crippen MR) is 68.8 cm³/mol. The second-order valence-electron chi connectivity index (χ2n) is 3.83. The van der Waals surface area contributed by atoms with Crippen LogP contribution in [0.5, 0.6) is 0 Å². The number of nitrogens with one attached hydrogen (secondary N) is 1. The van der Waals surface area contributed by atoms with E-state index in [9.17, 15) is 5.11 Å². The van der Waals surface area contributed by atoms with E-state index in [1.165, 1.54) is 0 Å². The Morgan fingerprint density at radius 3 is 2.72 bits per heavy atom. The molecule has 0 saturated heterocycles. The third kappa shape index (κ3) is 2.84. The zero-order valence-corrected chi connectivity index (χ0v) is 9.74. The zero-order chi connectivity index (χ0) is 12.8. The highest BCUT2D eigenvalue weighted by Crippen LogP contribution is 2.17. The van der Waals surface area contributed by atoms with Crippen LogP contribution in [0.3, 0.4) is 0 Å². The maximum absolute atomic E-state index is 9.41. The number of hydrogen-bond donors (Lipinski definition) is 2. The van der Waals surface area contributed by atoms with Gasteiger partial charge in [-0.3, -0.25) is 0 Å². The molecule has 0 spiro atoms. The summed E-state index contributed by atoms with van der Waals surface area (Å²) >= 11 is 0. The second-order valence-corrected chi connectivity index (χ2v) is 3.83. The predicted octanol–water partition coefficient (Wildman–Crippen LogP) is 2.10. The number of aliphatic hydroxyl groups excluding tert-OH is 1. The summed E-state index contributed by atoms with van der Waals surface area (Å²) in [5.74, 6) is 0.581. The van der Waals surface area contributed by atoms with Crippen LogP contribution in [-0.4, -0.2) is 16.7 Å². The van der Waals surface area contributed by atoms with Crippen LogP contribution in [0.15, 0.2) is 48.7 Å². The number of pyridine rings is 1. The van der Waals surface area contributed by atoms with E-state index < -0.39 is 0 Å². The van der Waals surface area contributed by atoms with Crippen LogP contribution in [0, 0.1) is 11.3 Å². The van der Waals surface area contributed by atoms with Gasteiger partial charge in [-0.2, -0.15) is 5.26 Å². The first kappa shape index (κ1) is 12.1. The Hall–Kier alpha value is -2.38. The molecule has 0 aliphatic heterocycles. The van der Waals surface area contributed by atoms with Gasteiger partial charge in [-0.1, -0.05) is 30.3 Å². The van der Waals surface area contributed by atoms with E-state index >= 15 is 0 Å². The SMILES string of the molecule is N#Cc1ccnc(NC(CO)c2ccccc2)c1. The smallest absolute Gasteiger partial charge is 0.127 e. The van der Waals surface area contributed by atoms with Crippen LogP contribution < -0.4 is 5.32 Å². The van der Waals surface area contributed by atoms with Crippen molar-refractivity contribution in [2.45, 2.75) is 6.04 Å². The summed E-state index contributed by atoms with van der Waals surface area (Å²) in [6, 6.07) is 14.7. The van der Waals surface area contributed by atoms with Crippen LogP contribution >= 0.6 is 0 Å². The van der Waals surface area contributed by atoms with Gasteiger partial charge in [-0.25, -0.2) is 4.98 Å². The molecule has 0 aliphatic carbocycles. The monoisotopic (exact) mass is 239 g/mol. The molecule has 1 heterocycles. The van der Waals surface area contributed by atoms with Gasteiger partial charge in [0.15, 0.2) is 0 Å². The van der Waals surface area contributed by atoms with Gasteiger partial charge in [0.1, 0.15) is 5.82 Å². The third-order valence-corrected chi connectivity index (χ3v) is 2.60. The van der Waals surface area contributed by atoms with E-state index in [2.05, 4.69) is 16.4 Å². The Kier molecular flexibility index (Phi) is 3.90. The van der Waals surface area contributed by atoms with Crippen molar-refractivity contribution in [3.05, 3.63) is 59.8 Å². The van der Waals surface area contributed by atoms with Crippen molar-refractivity contribution >= 4 is 5.82 Å². The Balaban J connectivity index is 2.18. The van der Waals surface area contributed by atoms with Crippen molar-refractivity contribution < 1.29 is 5.11 Å². The molecule has 2 aromatic rings. The van der Waals surface area contributed by atoms with Crippen molar-refractivity contribution in [1.29, 1.82) is 5.26 Å². The summed E-state index contributed by atoms with van der Waals surface area (Å²) in [7, 11) is 0. The van der Waals surface area contributed by atoms with Gasteiger partial charge in [0.05, 0.1) is 24.3 Å². The molecule has 4 nitrogen and oxygen atoms in total. The number of anilines is 1. The summed E-state index contributed by atoms with van der Waals surface area (Å²) in [5, 5.41) is 21.3. The molecule has 2 N–H and O–H groups in total. The van der Waals surface area contributed by atoms with Gasteiger partial charge in [0, 0.05) is 6.20 Å². The van der Waals surface area contributed by atoms with Gasteiger partial charge in [-0.05, 0) is 17.7 Å². The molecular weight excluding hydrogens is 226 g/mol. The van der Waals surface area contributed by atoms with Crippen molar-refractivity contribution in [2.24, 2.45) is 0 Å². The highest BCUT2D eigenvalue weighted by molar-refractivity contribution is 5.44. The van der Waals surface area contributed by atoms with E-state index in [1.54, 1.807) is 18.3 Å². The number of nitriles is 1. The van der Waals surface area contributed by atoms with E-state index in [0.29, 0.717) is 11.4 Å². The van der Waals surface area contributed by atoms with Gasteiger partial charge in [-0.15, -0.1) is 0 Å². The van der Waals surface area contributed by atoms with E-state index in [-0.39, 0.29) is 12.6 Å². The highest BCUT2D eigenvalue weighted by Gasteiger charge is 2.10. The van der Waals surface area contributed by atoms with Crippen LogP contribution in [0.2, 0.25) is 0 Å². The van der Waals surface area contributed by atoms with E-state index in [1.807, 2.05) is 30.3 Å². The molecule has 0 bridgehead atoms. The Bertz CT molecular complexity index is 548. The van der Waals surface area contributed by atoms with Crippen molar-refractivity contribution in [1.82, 2.24) is 4.98 Å². The van der Waals surface area contributed by atoms with Crippen LogP contribution in [-0.2, 0) is 0 Å². The molecule has 0 amide bonds. The molecule has 18 heavy (non-hydrogen) atoms. The molecular formula is C14H13N3O. The largest absolute Gasteiger partial charge is 0.394 e. The summed E-state index contributed by atoms with van der Waals surface area (Å²) < 4.78 is 0. The number of rotatable bonds is 4. The quantitative estimate of drug-likeness (QED) is 0.857. The van der Waals surface area contributed by atoms with Crippen molar-refractivity contribution in [3.63, 3.8) is 0 Å². The topological polar surface area (TPSA) is 68.9 Å². The third-order valence-electron chi connectivity index (χ3n) is 2.60. The Morgan fingerprint density at radius 1 is 1.28 bits per heavy atom. The Morgan fingerprint density at radius 2 is 2.06 bits per heavy atom. The Labute approximate surface area is 106 Å². The molecule has 0 aliphatic rings. The fourth-order valence-electron chi connectivity index (χ4n) is 1.68. The van der Waals surface area contributed by atoms with Crippen LogP contribution in [0.25, 0.3) is 0 Å². The molecule has 0 saturated carbocycles. The van der Waals surface area contributed by atoms with Crippen LogP contribution in [0.4, 0.5) is 5.82 Å². The average molecular weight is 239 g/mol. The standard InChI is InChI=1S/C14H13N3O/c15-9-11-6-7-16-14(8-11)17-13(10-18)12-4-2-1-3-5-12/h1-8,13,18H,10H2,(H,16,17). The lowest BCUT2D eigenvalue weighted by Gasteiger charge is -2.17. The molecule has 1 atom stereocenters. The maximum atomic E-state index is 9.41. The number of nitrogens with zero attached hydrogens (tertiary/aromatic N) is 2. The lowest BCUT2D eigenvalue weighted by Crippen LogP contribution is -2.15. The summed E-state index contributed by atoms with van der Waals surface area (Å²) in [6.07, 6.45) is 1.57. The molecule has 1 unspecified atom stereocenters. The minimum Gasteiger partial charge on any atom is -0.394 e. The van der Waals surface area contributed by atoms with Gasteiger partial charge in [0.25, 0.3) is 0 Å². The zero-order valence-electron chi connectivity index (χ0n) is 9.74. The van der Waals surface area contributed by atoms with Crippen molar-refractivity contribution in [2.75, 3.05) is 11.9 Å². The number of aromatic nitrogens is 1. The molecule has 0 radical (unpaired) electrons. The van der Waals surface area contributed by atoms with Crippen molar-refractivity contribution in [3.8, 4) is 6.07 Å². The summed E-state index contributed by atoms with van der Waals surface area (Å²) in [4.78, 5) is 4.13. The molecule has 1 aromatic heterocycles. The number of benzene rings is 1. The first-order valence-electron chi connectivity index (χ1n) is 5.62. The first-order chi connectivity index (χ1) is 8.83. The lowest BCUT2D eigenvalue weighted by molar-refractivity contribution is 0.276. The van der Waals surface area contributed by atoms with Crippen LogP contribution in [0.1, 0.15) is 17.2 Å². The van der Waals surface area contributed by atoms with Gasteiger partial charge < -0.3 is 10.4 Å². The minimum atomic E-state index is -0.229. The molecule has 90 valence electrons. The average Bonchev–Trinajstić information content (AvgIpc) is 2.46. The molecule has 0 fully saturated rings. The maximum Gasteiger partial charge on any atom is 0.127 e. The lowest BCUT2D eigenvalue weighted by atomic mass is 10.1.